The summed E-state index contributed by atoms with van der Waals surface area (Å²) in [6.07, 6.45) is 0. The molecule has 0 aliphatic heterocycles. The first kappa shape index (κ1) is 14.6. The number of halogens is 1. The van der Waals surface area contributed by atoms with Crippen LogP contribution in [0.1, 0.15) is 13.8 Å². The van der Waals surface area contributed by atoms with E-state index in [-0.39, 0.29) is 0 Å². The molecule has 0 fully saturated rings. The molecule has 0 aliphatic carbocycles. The largest absolute Gasteiger partial charge is 0.492 e. The van der Waals surface area contributed by atoms with Crippen molar-refractivity contribution >= 4 is 17.6 Å². The molecule has 0 unspecified atom stereocenters. The van der Waals surface area contributed by atoms with Crippen molar-refractivity contribution in [2.24, 2.45) is 4.99 Å². The molecule has 0 atom stereocenters. The second kappa shape index (κ2) is 8.64. The molecule has 0 aromatic heterocycles. The Hall–Kier alpha value is -1.42. The maximum Gasteiger partial charge on any atom is 0.191 e. The summed E-state index contributed by atoms with van der Waals surface area (Å²) in [5.74, 6) is 1.58. The van der Waals surface area contributed by atoms with Crippen molar-refractivity contribution in [2.45, 2.75) is 13.8 Å². The van der Waals surface area contributed by atoms with Crippen LogP contribution in [0.15, 0.2) is 29.3 Å². The lowest BCUT2D eigenvalue weighted by Crippen LogP contribution is -2.37. The smallest absolute Gasteiger partial charge is 0.191 e. The minimum absolute atomic E-state index is 0.528. The number of rotatable bonds is 6. The Labute approximate surface area is 113 Å². The molecule has 0 aliphatic rings. The van der Waals surface area contributed by atoms with Gasteiger partial charge in [0.2, 0.25) is 0 Å². The molecule has 1 aromatic carbocycles. The van der Waals surface area contributed by atoms with E-state index in [0.717, 1.165) is 24.8 Å². The van der Waals surface area contributed by atoms with Gasteiger partial charge in [0.05, 0.1) is 6.54 Å². The Balaban J connectivity index is 2.34. The predicted octanol–water partition coefficient (Wildman–Crippen LogP) is 2.29. The molecular formula is C13H20ClN3O. The first-order valence-corrected chi connectivity index (χ1v) is 6.54. The second-order valence-electron chi connectivity index (χ2n) is 3.60. The molecule has 0 saturated carbocycles. The summed E-state index contributed by atoms with van der Waals surface area (Å²) in [5, 5.41) is 6.98. The van der Waals surface area contributed by atoms with Crippen LogP contribution in [0.25, 0.3) is 0 Å². The fraction of sp³-hybridized carbons (Fsp3) is 0.462. The number of hydrogen-bond donors (Lipinski definition) is 2. The summed E-state index contributed by atoms with van der Waals surface area (Å²) < 4.78 is 5.55. The van der Waals surface area contributed by atoms with Gasteiger partial charge in [0, 0.05) is 18.1 Å². The SMILES string of the molecule is CCNC(=NCCOc1cccc(Cl)c1)NCC. The monoisotopic (exact) mass is 269 g/mol. The zero-order valence-corrected chi connectivity index (χ0v) is 11.6. The van der Waals surface area contributed by atoms with E-state index in [1.54, 1.807) is 6.07 Å². The molecule has 5 heteroatoms. The minimum atomic E-state index is 0.528. The third kappa shape index (κ3) is 5.77. The molecule has 18 heavy (non-hydrogen) atoms. The maximum absolute atomic E-state index is 5.86. The Kier molecular flexibility index (Phi) is 7.03. The highest BCUT2D eigenvalue weighted by Gasteiger charge is 1.96. The van der Waals surface area contributed by atoms with E-state index in [4.69, 9.17) is 16.3 Å². The third-order valence-corrected chi connectivity index (χ3v) is 2.35. The summed E-state index contributed by atoms with van der Waals surface area (Å²) in [7, 11) is 0. The van der Waals surface area contributed by atoms with Crippen molar-refractivity contribution in [1.29, 1.82) is 0 Å². The van der Waals surface area contributed by atoms with Crippen molar-refractivity contribution in [3.8, 4) is 5.75 Å². The second-order valence-corrected chi connectivity index (χ2v) is 4.03. The van der Waals surface area contributed by atoms with E-state index >= 15 is 0 Å². The molecule has 4 nitrogen and oxygen atoms in total. The Bertz CT molecular complexity index is 374. The Morgan fingerprint density at radius 2 is 2.00 bits per heavy atom. The molecule has 0 heterocycles. The van der Waals surface area contributed by atoms with E-state index in [1.807, 2.05) is 32.0 Å². The average molecular weight is 270 g/mol. The zero-order chi connectivity index (χ0) is 13.2. The van der Waals surface area contributed by atoms with Crippen LogP contribution in [0, 0.1) is 0 Å². The van der Waals surface area contributed by atoms with Crippen LogP contribution in [-0.2, 0) is 0 Å². The Morgan fingerprint density at radius 3 is 2.61 bits per heavy atom. The predicted molar refractivity (Wildman–Crippen MR) is 76.6 cm³/mol. The number of nitrogens with zero attached hydrogens (tertiary/aromatic N) is 1. The summed E-state index contributed by atoms with van der Waals surface area (Å²) in [4.78, 5) is 4.38. The first-order chi connectivity index (χ1) is 8.76. The van der Waals surface area contributed by atoms with Gasteiger partial charge in [-0.3, -0.25) is 0 Å². The van der Waals surface area contributed by atoms with Crippen molar-refractivity contribution in [2.75, 3.05) is 26.2 Å². The van der Waals surface area contributed by atoms with Gasteiger partial charge < -0.3 is 15.4 Å². The van der Waals surface area contributed by atoms with Crippen molar-refractivity contribution in [3.05, 3.63) is 29.3 Å². The van der Waals surface area contributed by atoms with E-state index in [9.17, 15) is 0 Å². The van der Waals surface area contributed by atoms with Gasteiger partial charge in [0.1, 0.15) is 12.4 Å². The Morgan fingerprint density at radius 1 is 1.28 bits per heavy atom. The molecule has 100 valence electrons. The molecule has 1 rings (SSSR count). The highest BCUT2D eigenvalue weighted by molar-refractivity contribution is 6.30. The molecule has 0 radical (unpaired) electrons. The van der Waals surface area contributed by atoms with Gasteiger partial charge in [-0.1, -0.05) is 17.7 Å². The topological polar surface area (TPSA) is 45.7 Å². The van der Waals surface area contributed by atoms with Gasteiger partial charge >= 0.3 is 0 Å². The van der Waals surface area contributed by atoms with Crippen molar-refractivity contribution in [1.82, 2.24) is 10.6 Å². The maximum atomic E-state index is 5.86. The number of benzene rings is 1. The average Bonchev–Trinajstić information content (AvgIpc) is 2.35. The minimum Gasteiger partial charge on any atom is -0.492 e. The highest BCUT2D eigenvalue weighted by atomic mass is 35.5. The van der Waals surface area contributed by atoms with Crippen molar-refractivity contribution < 1.29 is 4.74 Å². The number of ether oxygens (including phenoxy) is 1. The summed E-state index contributed by atoms with van der Waals surface area (Å²) in [5.41, 5.74) is 0. The van der Waals surface area contributed by atoms with Gasteiger partial charge in [0.25, 0.3) is 0 Å². The first-order valence-electron chi connectivity index (χ1n) is 6.16. The standard InChI is InChI=1S/C13H20ClN3O/c1-3-15-13(16-4-2)17-8-9-18-12-7-5-6-11(14)10-12/h5-7,10H,3-4,8-9H2,1-2H3,(H2,15,16,17). The van der Waals surface area contributed by atoms with Crippen LogP contribution in [0.4, 0.5) is 0 Å². The van der Waals surface area contributed by atoms with E-state index in [1.165, 1.54) is 0 Å². The van der Waals surface area contributed by atoms with E-state index in [2.05, 4.69) is 15.6 Å². The van der Waals surface area contributed by atoms with Crippen LogP contribution >= 0.6 is 11.6 Å². The molecule has 0 spiro atoms. The number of nitrogens with one attached hydrogen (secondary N) is 2. The molecule has 1 aromatic rings. The normalized spacial score (nSPS) is 9.72. The number of hydrogen-bond acceptors (Lipinski definition) is 2. The van der Waals surface area contributed by atoms with Crippen LogP contribution < -0.4 is 15.4 Å². The van der Waals surface area contributed by atoms with Gasteiger partial charge in [0.15, 0.2) is 5.96 Å². The highest BCUT2D eigenvalue weighted by Crippen LogP contribution is 2.16. The summed E-state index contributed by atoms with van der Waals surface area (Å²) in [6, 6.07) is 7.36. The zero-order valence-electron chi connectivity index (χ0n) is 10.9. The third-order valence-electron chi connectivity index (χ3n) is 2.11. The van der Waals surface area contributed by atoms with Gasteiger partial charge in [-0.25, -0.2) is 4.99 Å². The fourth-order valence-electron chi connectivity index (χ4n) is 1.39. The number of guanidine groups is 1. The van der Waals surface area contributed by atoms with Gasteiger partial charge in [-0.15, -0.1) is 0 Å². The van der Waals surface area contributed by atoms with Gasteiger partial charge in [-0.05, 0) is 32.0 Å². The molecule has 0 saturated heterocycles. The van der Waals surface area contributed by atoms with Crippen LogP contribution in [0.2, 0.25) is 5.02 Å². The van der Waals surface area contributed by atoms with Crippen LogP contribution in [-0.4, -0.2) is 32.2 Å². The van der Waals surface area contributed by atoms with E-state index in [0.29, 0.717) is 18.2 Å². The molecule has 0 bridgehead atoms. The van der Waals surface area contributed by atoms with Gasteiger partial charge in [-0.2, -0.15) is 0 Å². The van der Waals surface area contributed by atoms with E-state index < -0.39 is 0 Å². The quantitative estimate of drug-likeness (QED) is 0.473. The lowest BCUT2D eigenvalue weighted by atomic mass is 10.3. The van der Waals surface area contributed by atoms with Crippen LogP contribution in [0.3, 0.4) is 0 Å². The lowest BCUT2D eigenvalue weighted by Gasteiger charge is -2.09. The summed E-state index contributed by atoms with van der Waals surface area (Å²) in [6.45, 7) is 6.90. The number of aliphatic imine (C=N–C) groups is 1. The van der Waals surface area contributed by atoms with Crippen molar-refractivity contribution in [3.63, 3.8) is 0 Å². The molecule has 2 N–H and O–H groups in total. The molecular weight excluding hydrogens is 250 g/mol. The lowest BCUT2D eigenvalue weighted by molar-refractivity contribution is 0.328. The van der Waals surface area contributed by atoms with Crippen LogP contribution in [0.5, 0.6) is 5.75 Å². The fourth-order valence-corrected chi connectivity index (χ4v) is 1.57. The molecule has 0 amide bonds. The summed E-state index contributed by atoms with van der Waals surface area (Å²) >= 11 is 5.86.